The van der Waals surface area contributed by atoms with Gasteiger partial charge in [-0.1, -0.05) is 60.7 Å². The Morgan fingerprint density at radius 3 is 2.00 bits per heavy atom. The van der Waals surface area contributed by atoms with Gasteiger partial charge in [0.15, 0.2) is 0 Å². The lowest BCUT2D eigenvalue weighted by molar-refractivity contribution is 1.50. The Kier molecular flexibility index (Phi) is 2.87. The van der Waals surface area contributed by atoms with E-state index in [-0.39, 0.29) is 0 Å². The van der Waals surface area contributed by atoms with Crippen LogP contribution in [0.4, 0.5) is 0 Å². The SMILES string of the molecule is c1ccc(-c2cc3sc(-c4ccccc4)nc3s2)cc1. The smallest absolute Gasteiger partial charge is 0.135 e. The zero-order chi connectivity index (χ0) is 13.4. The maximum atomic E-state index is 4.77. The van der Waals surface area contributed by atoms with Gasteiger partial charge < -0.3 is 0 Å². The molecule has 3 heteroatoms. The molecular formula is C17H11NS2. The number of hydrogen-bond donors (Lipinski definition) is 0. The summed E-state index contributed by atoms with van der Waals surface area (Å²) in [5.41, 5.74) is 2.46. The summed E-state index contributed by atoms with van der Waals surface area (Å²) >= 11 is 3.53. The molecule has 2 aromatic heterocycles. The van der Waals surface area contributed by atoms with Gasteiger partial charge in [-0.25, -0.2) is 4.98 Å². The minimum absolute atomic E-state index is 1.10. The first-order chi connectivity index (χ1) is 9.90. The minimum Gasteiger partial charge on any atom is -0.225 e. The zero-order valence-electron chi connectivity index (χ0n) is 10.6. The van der Waals surface area contributed by atoms with E-state index < -0.39 is 0 Å². The molecule has 0 aliphatic heterocycles. The molecule has 0 aliphatic rings. The Hall–Kier alpha value is -1.97. The Morgan fingerprint density at radius 1 is 0.700 bits per heavy atom. The molecule has 4 rings (SSSR count). The van der Waals surface area contributed by atoms with Crippen molar-refractivity contribution in [2.45, 2.75) is 0 Å². The standard InChI is InChI=1S/C17H11NS2/c1-3-7-12(8-4-1)14-11-15-17(19-14)18-16(20-15)13-9-5-2-6-10-13/h1-11H. The van der Waals surface area contributed by atoms with E-state index in [0.29, 0.717) is 0 Å². The summed E-state index contributed by atoms with van der Waals surface area (Å²) in [5.74, 6) is 0. The molecule has 0 saturated carbocycles. The second-order valence-electron chi connectivity index (χ2n) is 4.53. The molecule has 20 heavy (non-hydrogen) atoms. The number of nitrogens with zero attached hydrogens (tertiary/aromatic N) is 1. The van der Waals surface area contributed by atoms with Gasteiger partial charge in [0.05, 0.1) is 4.70 Å². The molecular weight excluding hydrogens is 282 g/mol. The first-order valence-electron chi connectivity index (χ1n) is 6.41. The highest BCUT2D eigenvalue weighted by Gasteiger charge is 2.10. The van der Waals surface area contributed by atoms with E-state index in [2.05, 4.69) is 54.6 Å². The van der Waals surface area contributed by atoms with Crippen LogP contribution in [0.1, 0.15) is 0 Å². The van der Waals surface area contributed by atoms with E-state index in [4.69, 9.17) is 4.98 Å². The molecule has 0 atom stereocenters. The summed E-state index contributed by atoms with van der Waals surface area (Å²) in [6, 6.07) is 23.1. The number of fused-ring (bicyclic) bond motifs is 1. The van der Waals surface area contributed by atoms with E-state index in [0.717, 1.165) is 9.84 Å². The van der Waals surface area contributed by atoms with Gasteiger partial charge in [-0.2, -0.15) is 0 Å². The number of thiophene rings is 1. The van der Waals surface area contributed by atoms with Gasteiger partial charge in [0.1, 0.15) is 9.84 Å². The van der Waals surface area contributed by atoms with Gasteiger partial charge in [-0.3, -0.25) is 0 Å². The lowest BCUT2D eigenvalue weighted by atomic mass is 10.2. The maximum absolute atomic E-state index is 4.77. The van der Waals surface area contributed by atoms with E-state index in [1.807, 2.05) is 12.1 Å². The van der Waals surface area contributed by atoms with E-state index in [9.17, 15) is 0 Å². The third-order valence-corrected chi connectivity index (χ3v) is 5.43. The van der Waals surface area contributed by atoms with Crippen molar-refractivity contribution in [2.75, 3.05) is 0 Å². The van der Waals surface area contributed by atoms with Crippen LogP contribution in [0.2, 0.25) is 0 Å². The molecule has 0 N–H and O–H groups in total. The quantitative estimate of drug-likeness (QED) is 0.462. The van der Waals surface area contributed by atoms with Crippen LogP contribution in [-0.4, -0.2) is 4.98 Å². The van der Waals surface area contributed by atoms with Crippen LogP contribution < -0.4 is 0 Å². The molecule has 2 aromatic carbocycles. The predicted octanol–water partition coefficient (Wildman–Crippen LogP) is 5.69. The van der Waals surface area contributed by atoms with Crippen molar-refractivity contribution in [2.24, 2.45) is 0 Å². The second kappa shape index (κ2) is 4.85. The van der Waals surface area contributed by atoms with Crippen LogP contribution >= 0.6 is 22.7 Å². The van der Waals surface area contributed by atoms with Crippen molar-refractivity contribution in [1.29, 1.82) is 0 Å². The molecule has 0 saturated heterocycles. The lowest BCUT2D eigenvalue weighted by Gasteiger charge is -1.95. The third kappa shape index (κ3) is 2.05. The molecule has 0 fully saturated rings. The summed E-state index contributed by atoms with van der Waals surface area (Å²) in [6.45, 7) is 0. The minimum atomic E-state index is 1.10. The highest BCUT2D eigenvalue weighted by atomic mass is 32.1. The Balaban J connectivity index is 1.78. The first-order valence-corrected chi connectivity index (χ1v) is 8.05. The Bertz CT molecular complexity index is 744. The first kappa shape index (κ1) is 11.8. The van der Waals surface area contributed by atoms with Gasteiger partial charge in [0.25, 0.3) is 0 Å². The molecule has 0 spiro atoms. The van der Waals surface area contributed by atoms with Crippen molar-refractivity contribution < 1.29 is 0 Å². The van der Waals surface area contributed by atoms with Crippen molar-refractivity contribution >= 4 is 32.2 Å². The zero-order valence-corrected chi connectivity index (χ0v) is 12.2. The summed E-state index contributed by atoms with van der Waals surface area (Å²) in [4.78, 5) is 7.19. The summed E-state index contributed by atoms with van der Waals surface area (Å²) in [6.07, 6.45) is 0. The van der Waals surface area contributed by atoms with Gasteiger partial charge in [-0.15, -0.1) is 22.7 Å². The Labute approximate surface area is 125 Å². The number of thiazole rings is 1. The molecule has 0 aliphatic carbocycles. The molecule has 0 amide bonds. The highest BCUT2D eigenvalue weighted by molar-refractivity contribution is 7.30. The maximum Gasteiger partial charge on any atom is 0.135 e. The van der Waals surface area contributed by atoms with Crippen LogP contribution in [0.25, 0.3) is 30.5 Å². The van der Waals surface area contributed by atoms with Gasteiger partial charge in [0, 0.05) is 10.4 Å². The molecule has 0 radical (unpaired) electrons. The largest absolute Gasteiger partial charge is 0.225 e. The second-order valence-corrected chi connectivity index (χ2v) is 6.59. The van der Waals surface area contributed by atoms with Crippen LogP contribution in [0.15, 0.2) is 66.7 Å². The van der Waals surface area contributed by atoms with Gasteiger partial charge in [0.2, 0.25) is 0 Å². The predicted molar refractivity (Wildman–Crippen MR) is 88.4 cm³/mol. The van der Waals surface area contributed by atoms with Crippen molar-refractivity contribution in [3.63, 3.8) is 0 Å². The number of hydrogen-bond acceptors (Lipinski definition) is 3. The molecule has 0 bridgehead atoms. The van der Waals surface area contributed by atoms with Gasteiger partial charge >= 0.3 is 0 Å². The van der Waals surface area contributed by atoms with E-state index in [1.165, 1.54) is 20.7 Å². The lowest BCUT2D eigenvalue weighted by Crippen LogP contribution is -1.72. The number of aromatic nitrogens is 1. The van der Waals surface area contributed by atoms with Crippen LogP contribution in [0.3, 0.4) is 0 Å². The molecule has 2 heterocycles. The van der Waals surface area contributed by atoms with Crippen LogP contribution in [0, 0.1) is 0 Å². The van der Waals surface area contributed by atoms with Crippen LogP contribution in [-0.2, 0) is 0 Å². The van der Waals surface area contributed by atoms with Crippen molar-refractivity contribution in [3.05, 3.63) is 66.7 Å². The van der Waals surface area contributed by atoms with E-state index >= 15 is 0 Å². The van der Waals surface area contributed by atoms with Gasteiger partial charge in [-0.05, 0) is 11.6 Å². The summed E-state index contributed by atoms with van der Waals surface area (Å²) in [5, 5.41) is 1.10. The van der Waals surface area contributed by atoms with Crippen LogP contribution in [0.5, 0.6) is 0 Å². The third-order valence-electron chi connectivity index (χ3n) is 3.17. The monoisotopic (exact) mass is 293 g/mol. The summed E-state index contributed by atoms with van der Waals surface area (Å²) < 4.78 is 1.27. The fraction of sp³-hybridized carbons (Fsp3) is 0. The molecule has 96 valence electrons. The normalized spacial score (nSPS) is 11.0. The van der Waals surface area contributed by atoms with Crippen molar-refractivity contribution in [3.8, 4) is 21.0 Å². The molecule has 1 nitrogen and oxygen atoms in total. The average molecular weight is 293 g/mol. The fourth-order valence-corrected chi connectivity index (χ4v) is 4.41. The molecule has 0 unspecified atom stereocenters. The topological polar surface area (TPSA) is 12.9 Å². The Morgan fingerprint density at radius 2 is 1.35 bits per heavy atom. The number of rotatable bonds is 2. The highest BCUT2D eigenvalue weighted by Crippen LogP contribution is 2.38. The number of benzene rings is 2. The summed E-state index contributed by atoms with van der Waals surface area (Å²) in [7, 11) is 0. The average Bonchev–Trinajstić information content (AvgIpc) is 3.08. The fourth-order valence-electron chi connectivity index (χ4n) is 2.18. The molecule has 4 aromatic rings. The van der Waals surface area contributed by atoms with E-state index in [1.54, 1.807) is 22.7 Å². The van der Waals surface area contributed by atoms with Crippen molar-refractivity contribution in [1.82, 2.24) is 4.98 Å².